The summed E-state index contributed by atoms with van der Waals surface area (Å²) in [6.07, 6.45) is 3.87. The van der Waals surface area contributed by atoms with Crippen molar-refractivity contribution in [2.24, 2.45) is 0 Å². The van der Waals surface area contributed by atoms with Crippen LogP contribution in [0.2, 0.25) is 0 Å². The third-order valence-electron chi connectivity index (χ3n) is 6.36. The van der Waals surface area contributed by atoms with E-state index in [4.69, 9.17) is 9.72 Å². The molecule has 0 aliphatic carbocycles. The van der Waals surface area contributed by atoms with Crippen LogP contribution in [-0.2, 0) is 35.5 Å². The van der Waals surface area contributed by atoms with E-state index in [0.29, 0.717) is 23.4 Å². The lowest BCUT2D eigenvalue weighted by Crippen LogP contribution is -2.35. The number of ether oxygens (including phenoxy) is 1. The molecule has 0 bridgehead atoms. The number of nitrogens with one attached hydrogen (secondary N) is 1. The zero-order valence-electron chi connectivity index (χ0n) is 18.8. The van der Waals surface area contributed by atoms with E-state index in [0.717, 1.165) is 46.3 Å². The van der Waals surface area contributed by atoms with Crippen molar-refractivity contribution in [2.75, 3.05) is 6.54 Å². The molecule has 5 rings (SSSR count). The molecule has 0 fully saturated rings. The van der Waals surface area contributed by atoms with Gasteiger partial charge in [-0.2, -0.15) is 0 Å². The van der Waals surface area contributed by atoms with Crippen molar-refractivity contribution in [1.29, 1.82) is 0 Å². The van der Waals surface area contributed by atoms with Gasteiger partial charge in [0.05, 0.1) is 29.7 Å². The topological polar surface area (TPSA) is 86.1 Å². The first-order chi connectivity index (χ1) is 16.0. The smallest absolute Gasteiger partial charge is 0.271 e. The fraction of sp³-hybridized carbons (Fsp3) is 0.360. The summed E-state index contributed by atoms with van der Waals surface area (Å²) in [7, 11) is 0. The third-order valence-corrected chi connectivity index (χ3v) is 7.44. The summed E-state index contributed by atoms with van der Waals surface area (Å²) in [6, 6.07) is 12.0. The fourth-order valence-electron chi connectivity index (χ4n) is 4.15. The van der Waals surface area contributed by atoms with E-state index >= 15 is 0 Å². The molecule has 0 unspecified atom stereocenters. The van der Waals surface area contributed by atoms with Gasteiger partial charge in [0, 0.05) is 23.9 Å². The van der Waals surface area contributed by atoms with Crippen molar-refractivity contribution in [2.45, 2.75) is 51.9 Å². The summed E-state index contributed by atoms with van der Waals surface area (Å²) in [5.41, 5.74) is 3.46. The number of hydrogen-bond acceptors (Lipinski definition) is 6. The number of fused-ring (bicyclic) bond motifs is 4. The molecule has 1 aromatic carbocycles. The Balaban J connectivity index is 1.37. The van der Waals surface area contributed by atoms with Gasteiger partial charge in [-0.1, -0.05) is 37.3 Å². The maximum Gasteiger partial charge on any atom is 0.271 e. The van der Waals surface area contributed by atoms with Crippen LogP contribution in [-0.4, -0.2) is 32.6 Å². The van der Waals surface area contributed by atoms with Crippen LogP contribution in [0.5, 0.6) is 0 Å². The van der Waals surface area contributed by atoms with Gasteiger partial charge in [0.25, 0.3) is 5.56 Å². The van der Waals surface area contributed by atoms with Crippen molar-refractivity contribution >= 4 is 37.7 Å². The van der Waals surface area contributed by atoms with Gasteiger partial charge in [-0.05, 0) is 31.4 Å². The van der Waals surface area contributed by atoms with Crippen LogP contribution in [0.4, 0.5) is 0 Å². The summed E-state index contributed by atoms with van der Waals surface area (Å²) < 4.78 is 7.95. The minimum atomic E-state index is -0.214. The summed E-state index contributed by atoms with van der Waals surface area (Å²) in [5.74, 6) is -0.208. The highest BCUT2D eigenvalue weighted by atomic mass is 32.1. The Bertz CT molecular complexity index is 1400. The molecule has 1 N–H and O–H groups in total. The van der Waals surface area contributed by atoms with Gasteiger partial charge >= 0.3 is 0 Å². The summed E-state index contributed by atoms with van der Waals surface area (Å²) in [5, 5.41) is 3.75. The van der Waals surface area contributed by atoms with Gasteiger partial charge in [0.1, 0.15) is 16.1 Å². The Hall–Kier alpha value is -3.10. The second-order valence-electron chi connectivity index (χ2n) is 8.76. The van der Waals surface area contributed by atoms with Crippen molar-refractivity contribution in [3.63, 3.8) is 0 Å². The highest BCUT2D eigenvalue weighted by Crippen LogP contribution is 2.35. The molecule has 0 saturated heterocycles. The molecular formula is C25H26N4O3S. The number of carbonyl (C=O) groups excluding carboxylic acids is 1. The maximum absolute atomic E-state index is 13.1. The number of thiophene rings is 1. The van der Waals surface area contributed by atoms with E-state index in [-0.39, 0.29) is 23.6 Å². The monoisotopic (exact) mass is 462 g/mol. The number of amides is 1. The second-order valence-corrected chi connectivity index (χ2v) is 9.76. The minimum absolute atomic E-state index is 0.0581. The number of rotatable bonds is 6. The number of aromatic nitrogens is 3. The number of pyridine rings is 1. The number of benzene rings is 1. The normalized spacial score (nSPS) is 17.9. The van der Waals surface area contributed by atoms with Gasteiger partial charge in [-0.25, -0.2) is 9.97 Å². The summed E-state index contributed by atoms with van der Waals surface area (Å²) >= 11 is 1.35. The highest BCUT2D eigenvalue weighted by molar-refractivity contribution is 7.25. The number of carbonyl (C=O) groups is 1. The average Bonchev–Trinajstić information content (AvgIpc) is 3.18. The van der Waals surface area contributed by atoms with Crippen LogP contribution in [0.3, 0.4) is 0 Å². The van der Waals surface area contributed by atoms with E-state index in [1.165, 1.54) is 22.2 Å². The first kappa shape index (κ1) is 21.7. The molecule has 1 aliphatic heterocycles. The van der Waals surface area contributed by atoms with Gasteiger partial charge in [-0.15, -0.1) is 11.3 Å². The molecular weight excluding hydrogens is 436 g/mol. The number of nitrogens with zero attached hydrogens (tertiary/aromatic N) is 3. The second kappa shape index (κ2) is 8.68. The fourth-order valence-corrected chi connectivity index (χ4v) is 5.23. The quantitative estimate of drug-likeness (QED) is 0.473. The molecule has 1 aliphatic rings. The maximum atomic E-state index is 13.1. The Labute approximate surface area is 195 Å². The molecule has 1 amide bonds. The van der Waals surface area contributed by atoms with Crippen LogP contribution >= 0.6 is 11.3 Å². The van der Waals surface area contributed by atoms with Crippen molar-refractivity contribution in [1.82, 2.24) is 19.9 Å². The SMILES string of the molecule is CC[C@]1(C)Cc2nc3sc4c(=O)n(CC(=O)NCCc5ccccc5)cnc4c3cc2CO1. The average molecular weight is 463 g/mol. The first-order valence-electron chi connectivity index (χ1n) is 11.2. The largest absolute Gasteiger partial charge is 0.370 e. The van der Waals surface area contributed by atoms with Gasteiger partial charge in [-0.3, -0.25) is 14.2 Å². The predicted octanol–water partition coefficient (Wildman–Crippen LogP) is 3.61. The molecule has 4 aromatic rings. The number of hydrogen-bond donors (Lipinski definition) is 1. The summed E-state index contributed by atoms with van der Waals surface area (Å²) in [4.78, 5) is 35.7. The molecule has 0 saturated carbocycles. The molecule has 1 atom stereocenters. The van der Waals surface area contributed by atoms with Crippen LogP contribution in [0.25, 0.3) is 20.4 Å². The molecule has 8 heteroatoms. The molecule has 3 aromatic heterocycles. The van der Waals surface area contributed by atoms with E-state index in [9.17, 15) is 9.59 Å². The van der Waals surface area contributed by atoms with Gasteiger partial charge in [0.2, 0.25) is 5.91 Å². The van der Waals surface area contributed by atoms with Crippen molar-refractivity contribution < 1.29 is 9.53 Å². The summed E-state index contributed by atoms with van der Waals surface area (Å²) in [6.45, 7) is 5.20. The lowest BCUT2D eigenvalue weighted by atomic mass is 9.91. The molecule has 170 valence electrons. The van der Waals surface area contributed by atoms with Crippen LogP contribution in [0, 0.1) is 0 Å². The standard InChI is InChI=1S/C25H26N4O3S/c1-3-25(2)12-19-17(14-32-25)11-18-21-22(33-23(18)28-19)24(31)29(15-27-21)13-20(30)26-10-9-16-7-5-4-6-8-16/h4-8,11,15H,3,9-10,12-14H2,1-2H3,(H,26,30)/t25-/m1/s1. The Morgan fingerprint density at radius 2 is 2.12 bits per heavy atom. The van der Waals surface area contributed by atoms with E-state index < -0.39 is 0 Å². The van der Waals surface area contributed by atoms with Gasteiger partial charge < -0.3 is 10.1 Å². The van der Waals surface area contributed by atoms with E-state index in [1.807, 2.05) is 30.3 Å². The molecule has 0 radical (unpaired) electrons. The van der Waals surface area contributed by atoms with E-state index in [2.05, 4.69) is 30.2 Å². The molecule has 7 nitrogen and oxygen atoms in total. The Morgan fingerprint density at radius 3 is 2.91 bits per heavy atom. The van der Waals surface area contributed by atoms with Crippen LogP contribution in [0.1, 0.15) is 37.1 Å². The van der Waals surface area contributed by atoms with Crippen molar-refractivity contribution in [3.8, 4) is 0 Å². The molecule has 0 spiro atoms. The van der Waals surface area contributed by atoms with Crippen molar-refractivity contribution in [3.05, 3.63) is 69.9 Å². The minimum Gasteiger partial charge on any atom is -0.370 e. The lowest BCUT2D eigenvalue weighted by Gasteiger charge is -2.33. The Morgan fingerprint density at radius 1 is 1.30 bits per heavy atom. The van der Waals surface area contributed by atoms with Gasteiger partial charge in [0.15, 0.2) is 0 Å². The van der Waals surface area contributed by atoms with Crippen LogP contribution in [0.15, 0.2) is 47.5 Å². The predicted molar refractivity (Wildman–Crippen MR) is 130 cm³/mol. The molecule has 4 heterocycles. The molecule has 33 heavy (non-hydrogen) atoms. The zero-order chi connectivity index (χ0) is 23.0. The lowest BCUT2D eigenvalue weighted by molar-refractivity contribution is -0.121. The first-order valence-corrected chi connectivity index (χ1v) is 12.0. The Kier molecular flexibility index (Phi) is 5.72. The third kappa shape index (κ3) is 4.28. The highest BCUT2D eigenvalue weighted by Gasteiger charge is 2.31. The zero-order valence-corrected chi connectivity index (χ0v) is 19.6. The van der Waals surface area contributed by atoms with E-state index in [1.54, 1.807) is 0 Å². The van der Waals surface area contributed by atoms with Crippen LogP contribution < -0.4 is 10.9 Å².